The van der Waals surface area contributed by atoms with Crippen LogP contribution in [0.15, 0.2) is 72.8 Å². The fourth-order valence-corrected chi connectivity index (χ4v) is 13.2. The Hall–Kier alpha value is -1.72. The Labute approximate surface area is 293 Å². The minimum absolute atomic E-state index is 0.0279. The number of rotatable bonds is 13. The third kappa shape index (κ3) is 8.11. The van der Waals surface area contributed by atoms with Crippen molar-refractivity contribution in [3.63, 3.8) is 0 Å². The summed E-state index contributed by atoms with van der Waals surface area (Å²) in [7, 11) is -3.72. The summed E-state index contributed by atoms with van der Waals surface area (Å²) in [6.45, 7) is 16.7. The zero-order chi connectivity index (χ0) is 33.1. The van der Waals surface area contributed by atoms with Gasteiger partial charge in [-0.05, 0) is 52.3 Å². The predicted octanol–water partition coefficient (Wildman–Crippen LogP) is 9.16. The van der Waals surface area contributed by atoms with Crippen LogP contribution >= 0.6 is 35.4 Å². The van der Waals surface area contributed by atoms with Gasteiger partial charge in [0.15, 0.2) is 6.79 Å². The van der Waals surface area contributed by atoms with Gasteiger partial charge in [-0.1, -0.05) is 136 Å². The summed E-state index contributed by atoms with van der Waals surface area (Å²) >= 11 is 19.3. The number of ether oxygens (including phenoxy) is 2. The number of nitrogens with zero attached hydrogens (tertiary/aromatic N) is 1. The first-order chi connectivity index (χ1) is 21.8. The van der Waals surface area contributed by atoms with Crippen molar-refractivity contribution < 1.29 is 13.9 Å². The van der Waals surface area contributed by atoms with Crippen LogP contribution in [0.2, 0.25) is 40.8 Å². The van der Waals surface area contributed by atoms with Crippen molar-refractivity contribution in [2.24, 2.45) is 5.92 Å². The highest BCUT2D eigenvalue weighted by atomic mass is 35.5. The summed E-state index contributed by atoms with van der Waals surface area (Å²) in [5.74, 6) is 1.39. The second-order valence-electron chi connectivity index (χ2n) is 15.2. The summed E-state index contributed by atoms with van der Waals surface area (Å²) in [6, 6.07) is 26.6. The van der Waals surface area contributed by atoms with E-state index in [-0.39, 0.29) is 23.9 Å². The molecule has 1 saturated heterocycles. The lowest BCUT2D eigenvalue weighted by Crippen LogP contribution is -2.68. The Morgan fingerprint density at radius 1 is 0.891 bits per heavy atom. The minimum Gasteiger partial charge on any atom is -0.467 e. The van der Waals surface area contributed by atoms with Gasteiger partial charge in [-0.15, -0.1) is 0 Å². The van der Waals surface area contributed by atoms with Gasteiger partial charge in [-0.3, -0.25) is 0 Å². The van der Waals surface area contributed by atoms with Crippen molar-refractivity contribution in [3.8, 4) is 5.75 Å². The number of halogens is 2. The third-order valence-corrected chi connectivity index (χ3v) is 17.5. The molecule has 2 fully saturated rings. The maximum Gasteiger partial charge on any atom is 0.261 e. The summed E-state index contributed by atoms with van der Waals surface area (Å²) in [5, 5.41) is 3.73. The van der Waals surface area contributed by atoms with E-state index in [9.17, 15) is 0 Å². The SMILES string of the molecule is CC(C)(C)[Si](OC1CC(CN2CC(c3c(OCOCC[Si](C)(C)C)ccc(Cl)c3Cl)CC2=S)C1)(c1ccccc1)c1ccccc1. The smallest absolute Gasteiger partial charge is 0.261 e. The van der Waals surface area contributed by atoms with E-state index in [1.54, 1.807) is 6.07 Å². The van der Waals surface area contributed by atoms with Crippen LogP contribution < -0.4 is 15.1 Å². The lowest BCUT2D eigenvalue weighted by molar-refractivity contribution is 0.0213. The molecular formula is C37H49Cl2NO3SSi2. The standard InChI is InChI=1S/C37H49Cl2NO3SSi2/c1-37(2,3)46(30-13-9-7-10-14-30,31-15-11-8-12-16-31)43-29-21-27(22-29)24-40-25-28(23-34(40)44)35-33(18-17-32(38)36(35)39)42-26-41-19-20-45(4,5)6/h7-18,27-29H,19-26H2,1-6H3. The normalized spacial score (nSPS) is 20.6. The van der Waals surface area contributed by atoms with Gasteiger partial charge in [0.05, 0.1) is 15.0 Å². The maximum absolute atomic E-state index is 7.37. The highest BCUT2D eigenvalue weighted by molar-refractivity contribution is 7.80. The van der Waals surface area contributed by atoms with Crippen LogP contribution in [-0.2, 0) is 9.16 Å². The van der Waals surface area contributed by atoms with E-state index in [2.05, 4.69) is 106 Å². The van der Waals surface area contributed by atoms with Crippen molar-refractivity contribution in [2.75, 3.05) is 26.5 Å². The van der Waals surface area contributed by atoms with Crippen LogP contribution in [0, 0.1) is 5.92 Å². The molecule has 1 saturated carbocycles. The van der Waals surface area contributed by atoms with Crippen LogP contribution in [0.3, 0.4) is 0 Å². The number of thiocarbonyl (C=S) groups is 1. The molecule has 0 bridgehead atoms. The molecule has 0 aromatic heterocycles. The van der Waals surface area contributed by atoms with Gasteiger partial charge >= 0.3 is 0 Å². The first kappa shape index (κ1) is 35.6. The Morgan fingerprint density at radius 2 is 1.50 bits per heavy atom. The third-order valence-electron chi connectivity index (χ3n) is 9.44. The molecule has 2 aliphatic rings. The Bertz CT molecular complexity index is 1430. The molecule has 3 aromatic rings. The monoisotopic (exact) mass is 713 g/mol. The molecule has 0 radical (unpaired) electrons. The van der Waals surface area contributed by atoms with E-state index < -0.39 is 16.4 Å². The molecule has 1 aliphatic heterocycles. The molecule has 1 aliphatic carbocycles. The van der Waals surface area contributed by atoms with Gasteiger partial charge in [0.25, 0.3) is 8.32 Å². The first-order valence-corrected chi connectivity index (χ1v) is 23.3. The van der Waals surface area contributed by atoms with Crippen LogP contribution in [0.4, 0.5) is 0 Å². The molecule has 3 aromatic carbocycles. The molecule has 1 atom stereocenters. The van der Waals surface area contributed by atoms with Gasteiger partial charge < -0.3 is 18.8 Å². The average molecular weight is 715 g/mol. The molecule has 0 amide bonds. The highest BCUT2D eigenvalue weighted by Crippen LogP contribution is 2.45. The topological polar surface area (TPSA) is 30.9 Å². The summed E-state index contributed by atoms with van der Waals surface area (Å²) in [4.78, 5) is 3.35. The Balaban J connectivity index is 1.24. The quantitative estimate of drug-likeness (QED) is 0.0763. The van der Waals surface area contributed by atoms with Crippen molar-refractivity contribution >= 4 is 67.2 Å². The molecule has 248 valence electrons. The lowest BCUT2D eigenvalue weighted by Gasteiger charge is -2.49. The zero-order valence-corrected chi connectivity index (χ0v) is 32.5. The number of hydrogen-bond donors (Lipinski definition) is 0. The first-order valence-electron chi connectivity index (χ1n) is 16.5. The molecule has 1 heterocycles. The predicted molar refractivity (Wildman–Crippen MR) is 203 cm³/mol. The van der Waals surface area contributed by atoms with Crippen LogP contribution in [0.1, 0.15) is 51.5 Å². The number of hydrogen-bond acceptors (Lipinski definition) is 4. The molecular weight excluding hydrogens is 666 g/mol. The van der Waals surface area contributed by atoms with E-state index >= 15 is 0 Å². The average Bonchev–Trinajstić information content (AvgIpc) is 3.34. The fraction of sp³-hybridized carbons (Fsp3) is 0.486. The van der Waals surface area contributed by atoms with Crippen LogP contribution in [0.25, 0.3) is 0 Å². The largest absolute Gasteiger partial charge is 0.467 e. The molecule has 1 unspecified atom stereocenters. The van der Waals surface area contributed by atoms with Crippen LogP contribution in [0.5, 0.6) is 5.75 Å². The van der Waals surface area contributed by atoms with Crippen molar-refractivity contribution in [1.82, 2.24) is 4.90 Å². The van der Waals surface area contributed by atoms with E-state index in [0.717, 1.165) is 54.7 Å². The van der Waals surface area contributed by atoms with Gasteiger partial charge in [0.2, 0.25) is 0 Å². The molecule has 9 heteroatoms. The van der Waals surface area contributed by atoms with Crippen molar-refractivity contribution in [3.05, 3.63) is 88.4 Å². The van der Waals surface area contributed by atoms with Gasteiger partial charge in [0, 0.05) is 51.8 Å². The summed E-state index contributed by atoms with van der Waals surface area (Å²) < 4.78 is 19.3. The molecule has 5 rings (SSSR count). The van der Waals surface area contributed by atoms with E-state index in [4.69, 9.17) is 49.3 Å². The van der Waals surface area contributed by atoms with Gasteiger partial charge in [-0.2, -0.15) is 0 Å². The second-order valence-corrected chi connectivity index (χ2v) is 26.3. The Morgan fingerprint density at radius 3 is 2.07 bits per heavy atom. The fourth-order valence-electron chi connectivity index (χ4n) is 6.91. The van der Waals surface area contributed by atoms with Crippen LogP contribution in [-0.4, -0.2) is 58.9 Å². The second kappa shape index (κ2) is 14.8. The molecule has 46 heavy (non-hydrogen) atoms. The maximum atomic E-state index is 7.37. The van der Waals surface area contributed by atoms with Gasteiger partial charge in [-0.25, -0.2) is 0 Å². The van der Waals surface area contributed by atoms with Crippen molar-refractivity contribution in [2.45, 2.75) is 82.8 Å². The number of likely N-dealkylation sites (tertiary alicyclic amines) is 1. The Kier molecular flexibility index (Phi) is 11.5. The van der Waals surface area contributed by atoms with E-state index in [1.165, 1.54) is 10.4 Å². The lowest BCUT2D eigenvalue weighted by atomic mass is 9.82. The molecule has 4 nitrogen and oxygen atoms in total. The number of benzene rings is 3. The summed E-state index contributed by atoms with van der Waals surface area (Å²) in [6.07, 6.45) is 3.06. The van der Waals surface area contributed by atoms with Gasteiger partial charge in [0.1, 0.15) is 5.75 Å². The van der Waals surface area contributed by atoms with E-state index in [0.29, 0.717) is 22.6 Å². The zero-order valence-electron chi connectivity index (χ0n) is 28.2. The highest BCUT2D eigenvalue weighted by Gasteiger charge is 2.53. The minimum atomic E-state index is -2.56. The summed E-state index contributed by atoms with van der Waals surface area (Å²) in [5.41, 5.74) is 0.939. The van der Waals surface area contributed by atoms with Crippen molar-refractivity contribution in [1.29, 1.82) is 0 Å². The molecule has 0 spiro atoms. The molecule has 0 N–H and O–H groups in total. The van der Waals surface area contributed by atoms with E-state index in [1.807, 2.05) is 6.07 Å².